The third-order valence-electron chi connectivity index (χ3n) is 4.58. The smallest absolute Gasteiger partial charge is 0.274 e. The highest BCUT2D eigenvalue weighted by Crippen LogP contribution is 2.22. The highest BCUT2D eigenvalue weighted by atomic mass is 16.5. The van der Waals surface area contributed by atoms with Crippen LogP contribution in [0.3, 0.4) is 0 Å². The highest BCUT2D eigenvalue weighted by Gasteiger charge is 2.17. The van der Waals surface area contributed by atoms with Crippen molar-refractivity contribution >= 4 is 17.5 Å². The molecule has 2 N–H and O–H groups in total. The number of carbonyl (C=O) groups excluding carboxylic acids is 1. The molecule has 1 unspecified atom stereocenters. The number of para-hydroxylation sites is 1. The SMILES string of the molecule is CCc1cccc(C)c1NC(=O)c1cc(C)nc(NCC2CCCO2)n1. The van der Waals surface area contributed by atoms with Gasteiger partial charge in [0, 0.05) is 24.5 Å². The third kappa shape index (κ3) is 4.38. The maximum atomic E-state index is 12.7. The molecular formula is C20H26N4O2. The van der Waals surface area contributed by atoms with Gasteiger partial charge in [-0.1, -0.05) is 25.1 Å². The van der Waals surface area contributed by atoms with Crippen LogP contribution in [0.1, 0.15) is 47.1 Å². The Morgan fingerprint density at radius 3 is 2.88 bits per heavy atom. The predicted molar refractivity (Wildman–Crippen MR) is 103 cm³/mol. The number of carbonyl (C=O) groups is 1. The summed E-state index contributed by atoms with van der Waals surface area (Å²) in [5.74, 6) is 0.241. The van der Waals surface area contributed by atoms with Gasteiger partial charge in [-0.3, -0.25) is 4.79 Å². The molecule has 0 saturated carbocycles. The van der Waals surface area contributed by atoms with E-state index in [9.17, 15) is 4.79 Å². The summed E-state index contributed by atoms with van der Waals surface area (Å²) in [5, 5.41) is 6.21. The van der Waals surface area contributed by atoms with Crippen molar-refractivity contribution in [3.63, 3.8) is 0 Å². The molecule has 2 aromatic rings. The number of rotatable bonds is 6. The summed E-state index contributed by atoms with van der Waals surface area (Å²) in [5.41, 5.74) is 4.13. The number of ether oxygens (including phenoxy) is 1. The Balaban J connectivity index is 1.75. The fraction of sp³-hybridized carbons (Fsp3) is 0.450. The second-order valence-corrected chi connectivity index (χ2v) is 6.65. The Morgan fingerprint density at radius 2 is 2.15 bits per heavy atom. The van der Waals surface area contributed by atoms with E-state index in [1.165, 1.54) is 0 Å². The van der Waals surface area contributed by atoms with Crippen LogP contribution in [0, 0.1) is 13.8 Å². The molecule has 1 fully saturated rings. The molecule has 0 aliphatic carbocycles. The van der Waals surface area contributed by atoms with Gasteiger partial charge in [-0.25, -0.2) is 9.97 Å². The Hall–Kier alpha value is -2.47. The van der Waals surface area contributed by atoms with E-state index in [4.69, 9.17) is 4.74 Å². The molecule has 1 aliphatic rings. The quantitative estimate of drug-likeness (QED) is 0.830. The van der Waals surface area contributed by atoms with Crippen LogP contribution in [-0.2, 0) is 11.2 Å². The lowest BCUT2D eigenvalue weighted by Gasteiger charge is -2.14. The topological polar surface area (TPSA) is 76.1 Å². The monoisotopic (exact) mass is 354 g/mol. The maximum absolute atomic E-state index is 12.7. The predicted octanol–water partition coefficient (Wildman–Crippen LogP) is 3.50. The van der Waals surface area contributed by atoms with E-state index in [1.54, 1.807) is 6.07 Å². The van der Waals surface area contributed by atoms with E-state index in [0.717, 1.165) is 48.4 Å². The molecule has 1 saturated heterocycles. The van der Waals surface area contributed by atoms with Crippen LogP contribution in [0.2, 0.25) is 0 Å². The number of benzene rings is 1. The third-order valence-corrected chi connectivity index (χ3v) is 4.58. The Labute approximate surface area is 154 Å². The summed E-state index contributed by atoms with van der Waals surface area (Å²) in [6.45, 7) is 7.40. The van der Waals surface area contributed by atoms with E-state index in [1.807, 2.05) is 32.0 Å². The molecule has 2 heterocycles. The highest BCUT2D eigenvalue weighted by molar-refractivity contribution is 6.04. The number of amides is 1. The minimum absolute atomic E-state index is 0.190. The van der Waals surface area contributed by atoms with Gasteiger partial charge in [0.1, 0.15) is 5.69 Å². The fourth-order valence-electron chi connectivity index (χ4n) is 3.15. The van der Waals surface area contributed by atoms with E-state index < -0.39 is 0 Å². The zero-order chi connectivity index (χ0) is 18.5. The van der Waals surface area contributed by atoms with Gasteiger partial charge in [0.2, 0.25) is 5.95 Å². The number of nitrogens with one attached hydrogen (secondary N) is 2. The average Bonchev–Trinajstić information content (AvgIpc) is 3.14. The van der Waals surface area contributed by atoms with Gasteiger partial charge in [0.05, 0.1) is 6.10 Å². The molecule has 0 radical (unpaired) electrons. The van der Waals surface area contributed by atoms with Crippen molar-refractivity contribution in [2.75, 3.05) is 23.8 Å². The minimum Gasteiger partial charge on any atom is -0.376 e. The molecule has 1 aromatic carbocycles. The van der Waals surface area contributed by atoms with Crippen molar-refractivity contribution in [2.45, 2.75) is 46.1 Å². The molecule has 6 nitrogen and oxygen atoms in total. The number of nitrogens with zero attached hydrogens (tertiary/aromatic N) is 2. The Bertz CT molecular complexity index is 785. The summed E-state index contributed by atoms with van der Waals surface area (Å²) in [6.07, 6.45) is 3.17. The first kappa shape index (κ1) is 18.3. The summed E-state index contributed by atoms with van der Waals surface area (Å²) < 4.78 is 5.60. The largest absolute Gasteiger partial charge is 0.376 e. The first-order valence-corrected chi connectivity index (χ1v) is 9.18. The van der Waals surface area contributed by atoms with Crippen molar-refractivity contribution in [1.82, 2.24) is 9.97 Å². The summed E-state index contributed by atoms with van der Waals surface area (Å²) in [6, 6.07) is 7.74. The van der Waals surface area contributed by atoms with Crippen molar-refractivity contribution in [1.29, 1.82) is 0 Å². The maximum Gasteiger partial charge on any atom is 0.274 e. The van der Waals surface area contributed by atoms with Crippen molar-refractivity contribution in [3.05, 3.63) is 46.8 Å². The van der Waals surface area contributed by atoms with Crippen LogP contribution < -0.4 is 10.6 Å². The van der Waals surface area contributed by atoms with Gasteiger partial charge in [-0.05, 0) is 50.3 Å². The lowest BCUT2D eigenvalue weighted by Crippen LogP contribution is -2.21. The fourth-order valence-corrected chi connectivity index (χ4v) is 3.15. The van der Waals surface area contributed by atoms with Crippen molar-refractivity contribution in [2.24, 2.45) is 0 Å². The Kier molecular flexibility index (Phi) is 5.83. The molecule has 1 aromatic heterocycles. The van der Waals surface area contributed by atoms with Crippen LogP contribution in [0.15, 0.2) is 24.3 Å². The zero-order valence-electron chi connectivity index (χ0n) is 15.6. The summed E-state index contributed by atoms with van der Waals surface area (Å²) >= 11 is 0. The van der Waals surface area contributed by atoms with Crippen LogP contribution >= 0.6 is 0 Å². The van der Waals surface area contributed by atoms with Gasteiger partial charge in [-0.15, -0.1) is 0 Å². The van der Waals surface area contributed by atoms with Gasteiger partial charge in [0.25, 0.3) is 5.91 Å². The Morgan fingerprint density at radius 1 is 1.31 bits per heavy atom. The van der Waals surface area contributed by atoms with Crippen LogP contribution in [0.5, 0.6) is 0 Å². The summed E-state index contributed by atoms with van der Waals surface area (Å²) in [7, 11) is 0. The van der Waals surface area contributed by atoms with E-state index >= 15 is 0 Å². The van der Waals surface area contributed by atoms with Crippen LogP contribution in [-0.4, -0.2) is 35.1 Å². The van der Waals surface area contributed by atoms with Gasteiger partial charge >= 0.3 is 0 Å². The zero-order valence-corrected chi connectivity index (χ0v) is 15.6. The van der Waals surface area contributed by atoms with Crippen molar-refractivity contribution in [3.8, 4) is 0 Å². The van der Waals surface area contributed by atoms with Crippen molar-refractivity contribution < 1.29 is 9.53 Å². The number of aromatic nitrogens is 2. The lowest BCUT2D eigenvalue weighted by molar-refractivity contribution is 0.102. The standard InChI is InChI=1S/C20H26N4O2/c1-4-15-8-5-7-13(2)18(15)24-19(25)17-11-14(3)22-20(23-17)21-12-16-9-6-10-26-16/h5,7-8,11,16H,4,6,9-10,12H2,1-3H3,(H,24,25)(H,21,22,23). The molecule has 138 valence electrons. The normalized spacial score (nSPS) is 16.5. The second-order valence-electron chi connectivity index (χ2n) is 6.65. The number of aryl methyl sites for hydroxylation is 3. The minimum atomic E-state index is -0.223. The van der Waals surface area contributed by atoms with Crippen LogP contribution in [0.25, 0.3) is 0 Å². The van der Waals surface area contributed by atoms with E-state index in [-0.39, 0.29) is 12.0 Å². The molecule has 1 aliphatic heterocycles. The molecule has 0 spiro atoms. The van der Waals surface area contributed by atoms with Gasteiger partial charge in [0.15, 0.2) is 0 Å². The molecule has 26 heavy (non-hydrogen) atoms. The molecule has 1 atom stereocenters. The van der Waals surface area contributed by atoms with Crippen LogP contribution in [0.4, 0.5) is 11.6 Å². The average molecular weight is 354 g/mol. The molecule has 0 bridgehead atoms. The lowest BCUT2D eigenvalue weighted by atomic mass is 10.1. The van der Waals surface area contributed by atoms with Gasteiger partial charge in [-0.2, -0.15) is 0 Å². The second kappa shape index (κ2) is 8.27. The van der Waals surface area contributed by atoms with Gasteiger partial charge < -0.3 is 15.4 Å². The van der Waals surface area contributed by atoms with E-state index in [0.29, 0.717) is 18.2 Å². The first-order valence-electron chi connectivity index (χ1n) is 9.18. The number of anilines is 2. The molecule has 1 amide bonds. The first-order chi connectivity index (χ1) is 12.6. The molecular weight excluding hydrogens is 328 g/mol. The molecule has 6 heteroatoms. The van der Waals surface area contributed by atoms with E-state index in [2.05, 4.69) is 27.5 Å². The summed E-state index contributed by atoms with van der Waals surface area (Å²) in [4.78, 5) is 21.5. The molecule has 3 rings (SSSR count). The number of hydrogen-bond donors (Lipinski definition) is 2. The number of hydrogen-bond acceptors (Lipinski definition) is 5.